The van der Waals surface area contributed by atoms with Gasteiger partial charge in [-0.1, -0.05) is 20.8 Å². The molecule has 0 spiro atoms. The molecule has 2 aliphatic rings. The van der Waals surface area contributed by atoms with E-state index < -0.39 is 0 Å². The third-order valence-electron chi connectivity index (χ3n) is 4.22. The number of hydrogen-bond acceptors (Lipinski definition) is 0. The minimum Gasteiger partial charge on any atom is -0.0625 e. The molecule has 0 bridgehead atoms. The van der Waals surface area contributed by atoms with E-state index >= 15 is 0 Å². The van der Waals surface area contributed by atoms with Crippen LogP contribution in [0.25, 0.3) is 0 Å². The lowest BCUT2D eigenvalue weighted by Crippen LogP contribution is -2.19. The van der Waals surface area contributed by atoms with Crippen LogP contribution >= 0.6 is 0 Å². The molecule has 0 radical (unpaired) electrons. The Bertz CT molecular complexity index is 155. The molecule has 0 nitrogen and oxygen atoms in total. The van der Waals surface area contributed by atoms with Crippen LogP contribution in [0.2, 0.25) is 0 Å². The first-order chi connectivity index (χ1) is 5.14. The molecule has 0 saturated heterocycles. The molecule has 0 aromatic rings. The molecule has 2 aliphatic carbocycles. The Labute approximate surface area is 70.4 Å². The average molecular weight is 152 g/mol. The van der Waals surface area contributed by atoms with Gasteiger partial charge >= 0.3 is 0 Å². The van der Waals surface area contributed by atoms with Crippen LogP contribution < -0.4 is 0 Å². The molecule has 0 amide bonds. The van der Waals surface area contributed by atoms with Crippen LogP contribution in [0.3, 0.4) is 0 Å². The predicted molar refractivity (Wildman–Crippen MR) is 48.4 cm³/mol. The van der Waals surface area contributed by atoms with Gasteiger partial charge in [0.05, 0.1) is 0 Å². The Balaban J connectivity index is 1.82. The maximum atomic E-state index is 2.42. The molecule has 0 N–H and O–H groups in total. The van der Waals surface area contributed by atoms with Crippen LogP contribution in [0, 0.1) is 23.2 Å². The van der Waals surface area contributed by atoms with Crippen molar-refractivity contribution in [1.82, 2.24) is 0 Å². The van der Waals surface area contributed by atoms with Gasteiger partial charge in [-0.2, -0.15) is 0 Å². The third kappa shape index (κ3) is 1.11. The van der Waals surface area contributed by atoms with E-state index in [4.69, 9.17) is 0 Å². The third-order valence-corrected chi connectivity index (χ3v) is 4.22. The summed E-state index contributed by atoms with van der Waals surface area (Å²) >= 11 is 0. The van der Waals surface area contributed by atoms with E-state index in [1.54, 1.807) is 19.3 Å². The number of hydrogen-bond donors (Lipinski definition) is 0. The van der Waals surface area contributed by atoms with Crippen molar-refractivity contribution in [3.05, 3.63) is 0 Å². The Morgan fingerprint density at radius 2 is 2.09 bits per heavy atom. The zero-order valence-corrected chi connectivity index (χ0v) is 8.06. The standard InChI is InChI=1S/C11H20/c1-8(2)9(3)6-11-5-4-10(11)7-11/h8-10H,4-7H2,1-3H3. The molecule has 3 unspecified atom stereocenters. The molecule has 2 saturated carbocycles. The van der Waals surface area contributed by atoms with Gasteiger partial charge in [-0.05, 0) is 48.9 Å². The van der Waals surface area contributed by atoms with Crippen molar-refractivity contribution in [1.29, 1.82) is 0 Å². The van der Waals surface area contributed by atoms with Gasteiger partial charge in [-0.3, -0.25) is 0 Å². The second-order valence-electron chi connectivity index (χ2n) is 5.23. The molecule has 0 heteroatoms. The summed E-state index contributed by atoms with van der Waals surface area (Å²) in [6.45, 7) is 7.14. The summed E-state index contributed by atoms with van der Waals surface area (Å²) in [4.78, 5) is 0. The van der Waals surface area contributed by atoms with E-state index in [0.29, 0.717) is 0 Å². The highest BCUT2D eigenvalue weighted by Crippen LogP contribution is 2.70. The molecule has 11 heavy (non-hydrogen) atoms. The molecule has 2 rings (SSSR count). The van der Waals surface area contributed by atoms with Crippen molar-refractivity contribution in [3.8, 4) is 0 Å². The van der Waals surface area contributed by atoms with Gasteiger partial charge < -0.3 is 0 Å². The summed E-state index contributed by atoms with van der Waals surface area (Å²) in [5.41, 5.74) is 0.893. The van der Waals surface area contributed by atoms with Crippen LogP contribution in [-0.4, -0.2) is 0 Å². The van der Waals surface area contributed by atoms with E-state index in [1.165, 1.54) is 12.3 Å². The van der Waals surface area contributed by atoms with Gasteiger partial charge in [0, 0.05) is 0 Å². The van der Waals surface area contributed by atoms with Crippen molar-refractivity contribution < 1.29 is 0 Å². The monoisotopic (exact) mass is 152 g/mol. The lowest BCUT2D eigenvalue weighted by Gasteiger charge is -2.29. The van der Waals surface area contributed by atoms with E-state index in [1.807, 2.05) is 0 Å². The Morgan fingerprint density at radius 3 is 2.36 bits per heavy atom. The molecule has 0 aliphatic heterocycles. The number of rotatable bonds is 3. The lowest BCUT2D eigenvalue weighted by molar-refractivity contribution is 0.209. The smallest absolute Gasteiger partial charge is 0.0263 e. The first kappa shape index (κ1) is 7.64. The zero-order chi connectivity index (χ0) is 8.06. The van der Waals surface area contributed by atoms with E-state index in [-0.39, 0.29) is 0 Å². The fourth-order valence-electron chi connectivity index (χ4n) is 2.62. The Hall–Kier alpha value is 0. The Morgan fingerprint density at radius 1 is 1.36 bits per heavy atom. The van der Waals surface area contributed by atoms with Crippen LogP contribution in [0.15, 0.2) is 0 Å². The molecule has 2 fully saturated rings. The normalized spacial score (nSPS) is 43.1. The molecule has 0 aromatic heterocycles. The van der Waals surface area contributed by atoms with Crippen molar-refractivity contribution in [2.45, 2.75) is 46.5 Å². The highest BCUT2D eigenvalue weighted by molar-refractivity contribution is 5.10. The van der Waals surface area contributed by atoms with Gasteiger partial charge in [0.25, 0.3) is 0 Å². The van der Waals surface area contributed by atoms with Gasteiger partial charge in [-0.15, -0.1) is 0 Å². The van der Waals surface area contributed by atoms with Gasteiger partial charge in [0.15, 0.2) is 0 Å². The largest absolute Gasteiger partial charge is 0.0625 e. The highest BCUT2D eigenvalue weighted by Gasteiger charge is 2.60. The van der Waals surface area contributed by atoms with Crippen LogP contribution in [0.4, 0.5) is 0 Å². The maximum Gasteiger partial charge on any atom is -0.0263 e. The SMILES string of the molecule is CC(C)C(C)CC12CCC1C2. The quantitative estimate of drug-likeness (QED) is 0.581. The molecule has 3 atom stereocenters. The molecule has 64 valence electrons. The first-order valence-electron chi connectivity index (χ1n) is 5.14. The molecule has 0 heterocycles. The lowest BCUT2D eigenvalue weighted by atomic mass is 9.76. The minimum absolute atomic E-state index is 0.893. The summed E-state index contributed by atoms with van der Waals surface area (Å²) < 4.78 is 0. The average Bonchev–Trinajstić information content (AvgIpc) is 2.39. The maximum absolute atomic E-state index is 2.42. The van der Waals surface area contributed by atoms with Crippen LogP contribution in [0.5, 0.6) is 0 Å². The summed E-state index contributed by atoms with van der Waals surface area (Å²) in [5.74, 6) is 3.02. The summed E-state index contributed by atoms with van der Waals surface area (Å²) in [6.07, 6.45) is 6.19. The van der Waals surface area contributed by atoms with Crippen molar-refractivity contribution in [2.75, 3.05) is 0 Å². The summed E-state index contributed by atoms with van der Waals surface area (Å²) in [7, 11) is 0. The van der Waals surface area contributed by atoms with Gasteiger partial charge in [-0.25, -0.2) is 0 Å². The fraction of sp³-hybridized carbons (Fsp3) is 1.00. The molecular formula is C11H20. The second-order valence-corrected chi connectivity index (χ2v) is 5.23. The zero-order valence-electron chi connectivity index (χ0n) is 8.06. The van der Waals surface area contributed by atoms with Crippen molar-refractivity contribution in [2.24, 2.45) is 23.2 Å². The van der Waals surface area contributed by atoms with E-state index in [2.05, 4.69) is 20.8 Å². The van der Waals surface area contributed by atoms with Crippen LogP contribution in [0.1, 0.15) is 46.5 Å². The Kier molecular flexibility index (Phi) is 1.56. The van der Waals surface area contributed by atoms with Crippen LogP contribution in [-0.2, 0) is 0 Å². The first-order valence-corrected chi connectivity index (χ1v) is 5.14. The van der Waals surface area contributed by atoms with E-state index in [9.17, 15) is 0 Å². The minimum atomic E-state index is 0.893. The highest BCUT2D eigenvalue weighted by atomic mass is 14.6. The van der Waals surface area contributed by atoms with Gasteiger partial charge in [0.1, 0.15) is 0 Å². The number of fused-ring (bicyclic) bond motifs is 1. The molecular weight excluding hydrogens is 132 g/mol. The van der Waals surface area contributed by atoms with Crippen molar-refractivity contribution in [3.63, 3.8) is 0 Å². The summed E-state index contributed by atoms with van der Waals surface area (Å²) in [5, 5.41) is 0. The van der Waals surface area contributed by atoms with Crippen molar-refractivity contribution >= 4 is 0 Å². The predicted octanol–water partition coefficient (Wildman–Crippen LogP) is 3.47. The van der Waals surface area contributed by atoms with E-state index in [0.717, 1.165) is 17.3 Å². The fourth-order valence-corrected chi connectivity index (χ4v) is 2.62. The second kappa shape index (κ2) is 2.24. The van der Waals surface area contributed by atoms with Gasteiger partial charge in [0.2, 0.25) is 0 Å². The molecule has 0 aromatic carbocycles. The topological polar surface area (TPSA) is 0 Å². The summed E-state index contributed by atoms with van der Waals surface area (Å²) in [6, 6.07) is 0.